The van der Waals surface area contributed by atoms with Crippen LogP contribution in [0.5, 0.6) is 0 Å². The van der Waals surface area contributed by atoms with Gasteiger partial charge in [0.1, 0.15) is 0 Å². The van der Waals surface area contributed by atoms with Crippen LogP contribution in [0.25, 0.3) is 0 Å². The lowest BCUT2D eigenvalue weighted by Crippen LogP contribution is -2.26. The molecular weight excluding hydrogens is 785 g/mol. The molecule has 0 aliphatic rings. The number of benzene rings is 2. The summed E-state index contributed by atoms with van der Waals surface area (Å²) in [5, 5.41) is 44.0. The molecule has 52 heavy (non-hydrogen) atoms. The molecule has 0 saturated heterocycles. The molecule has 0 amide bonds. The van der Waals surface area contributed by atoms with Crippen LogP contribution in [0.2, 0.25) is 0 Å². The maximum absolute atomic E-state index is 11.5. The van der Waals surface area contributed by atoms with Crippen molar-refractivity contribution in [2.45, 2.75) is 142 Å². The maximum atomic E-state index is 11.5. The first-order valence-electron chi connectivity index (χ1n) is 18.7. The summed E-state index contributed by atoms with van der Waals surface area (Å²) < 4.78 is 0.398. The van der Waals surface area contributed by atoms with Gasteiger partial charge in [0.15, 0.2) is 11.4 Å². The third kappa shape index (κ3) is 18.1. The minimum absolute atomic E-state index is 0.374. The number of halogens is 1. The Kier molecular flexibility index (Phi) is 23.9. The molecule has 15 nitrogen and oxygen atoms in total. The van der Waals surface area contributed by atoms with E-state index in [0.29, 0.717) is 9.26 Å². The highest BCUT2D eigenvalue weighted by atomic mass is 127. The lowest BCUT2D eigenvalue weighted by atomic mass is 10.1. The van der Waals surface area contributed by atoms with Crippen molar-refractivity contribution in [1.29, 1.82) is 0 Å². The second kappa shape index (κ2) is 26.9. The number of anilines is 3. The number of nitro benzene ring substituents is 4. The fraction of sp³-hybridized carbons (Fsp3) is 0.667. The van der Waals surface area contributed by atoms with Crippen LogP contribution in [-0.2, 0) is 0 Å². The fourth-order valence-electron chi connectivity index (χ4n) is 5.94. The van der Waals surface area contributed by atoms with Crippen LogP contribution in [0.1, 0.15) is 142 Å². The Bertz CT molecular complexity index is 1320. The van der Waals surface area contributed by atoms with Crippen LogP contribution in [0, 0.1) is 44.0 Å². The number of nitro groups is 4. The number of hydrogen-bond donors (Lipinski definition) is 2. The number of nitrogen functional groups attached to an aromatic ring is 2. The smallest absolute Gasteiger partial charge is 0.301 e. The highest BCUT2D eigenvalue weighted by Gasteiger charge is 2.26. The molecule has 0 heterocycles. The Morgan fingerprint density at radius 2 is 0.731 bits per heavy atom. The molecule has 0 bridgehead atoms. The molecule has 0 saturated carbocycles. The number of unbranched alkanes of at least 4 members (excludes halogenated alkanes) is 18. The molecule has 0 aromatic heterocycles. The molecule has 0 radical (unpaired) electrons. The van der Waals surface area contributed by atoms with Gasteiger partial charge in [-0.25, -0.2) is 0 Å². The van der Waals surface area contributed by atoms with Gasteiger partial charge in [-0.1, -0.05) is 129 Å². The lowest BCUT2D eigenvalue weighted by Gasteiger charge is -2.25. The topological polar surface area (TPSA) is 228 Å². The molecule has 292 valence electrons. The van der Waals surface area contributed by atoms with E-state index in [9.17, 15) is 40.5 Å². The molecule has 2 aromatic rings. The highest BCUT2D eigenvalue weighted by Crippen LogP contribution is 2.37. The zero-order valence-corrected chi connectivity index (χ0v) is 33.1. The normalized spacial score (nSPS) is 10.8. The van der Waals surface area contributed by atoms with Gasteiger partial charge in [-0.2, -0.15) is 0 Å². The summed E-state index contributed by atoms with van der Waals surface area (Å²) in [4.78, 5) is 43.3. The van der Waals surface area contributed by atoms with Gasteiger partial charge in [-0.15, -0.1) is 0 Å². The van der Waals surface area contributed by atoms with Crippen molar-refractivity contribution in [2.75, 3.05) is 29.5 Å². The van der Waals surface area contributed by atoms with Crippen molar-refractivity contribution in [2.24, 2.45) is 0 Å². The average Bonchev–Trinajstić information content (AvgIpc) is 3.09. The molecule has 0 atom stereocenters. The molecule has 0 spiro atoms. The minimum Gasteiger partial charge on any atom is -0.387 e. The van der Waals surface area contributed by atoms with Crippen molar-refractivity contribution < 1.29 is 19.7 Å². The Morgan fingerprint density at radius 1 is 0.481 bits per heavy atom. The quantitative estimate of drug-likeness (QED) is 0.0282. The second-order valence-corrected chi connectivity index (χ2v) is 14.4. The number of hydrogen-bond acceptors (Lipinski definition) is 11. The summed E-state index contributed by atoms with van der Waals surface area (Å²) in [6.07, 6.45) is 24.7. The van der Waals surface area contributed by atoms with Crippen molar-refractivity contribution in [1.82, 2.24) is 0 Å². The zero-order valence-electron chi connectivity index (χ0n) is 30.9. The van der Waals surface area contributed by atoms with E-state index in [1.807, 2.05) is 0 Å². The fourth-order valence-corrected chi connectivity index (χ4v) is 6.53. The van der Waals surface area contributed by atoms with Crippen LogP contribution in [0.4, 0.5) is 39.8 Å². The highest BCUT2D eigenvalue weighted by molar-refractivity contribution is 14.1. The van der Waals surface area contributed by atoms with Gasteiger partial charge in [-0.3, -0.25) is 40.5 Å². The summed E-state index contributed by atoms with van der Waals surface area (Å²) in [7, 11) is 0. The van der Waals surface area contributed by atoms with Crippen molar-refractivity contribution >= 4 is 62.4 Å². The van der Waals surface area contributed by atoms with E-state index in [1.54, 1.807) is 22.6 Å². The monoisotopic (exact) mass is 843 g/mol. The van der Waals surface area contributed by atoms with E-state index < -0.39 is 36.8 Å². The van der Waals surface area contributed by atoms with Crippen molar-refractivity contribution in [3.05, 3.63) is 68.3 Å². The summed E-state index contributed by atoms with van der Waals surface area (Å²) in [5.74, 6) is 0. The SMILES string of the molecule is CCCCCCCCCCCCN(CCCCCCCCCCCC)c1cc([N+](=O)[O-])c(N)c([N+](=O)[O-])c1.Nc1c([N+](=O)[O-])cc(I)cc1[N+](=O)[O-]. The minimum atomic E-state index is -0.746. The Balaban J connectivity index is 0.000000802. The third-order valence-electron chi connectivity index (χ3n) is 8.94. The largest absolute Gasteiger partial charge is 0.387 e. The van der Waals surface area contributed by atoms with Gasteiger partial charge in [0.25, 0.3) is 11.4 Å². The molecule has 0 unspecified atom stereocenters. The van der Waals surface area contributed by atoms with Gasteiger partial charge in [0, 0.05) is 40.9 Å². The van der Waals surface area contributed by atoms with E-state index >= 15 is 0 Å². The summed E-state index contributed by atoms with van der Waals surface area (Å²) in [6.45, 7) is 5.96. The van der Waals surface area contributed by atoms with Crippen LogP contribution in [0.15, 0.2) is 24.3 Å². The van der Waals surface area contributed by atoms with Crippen molar-refractivity contribution in [3.63, 3.8) is 0 Å². The van der Waals surface area contributed by atoms with Gasteiger partial charge in [0.05, 0.1) is 25.4 Å². The first-order chi connectivity index (χ1) is 24.8. The predicted molar refractivity (Wildman–Crippen MR) is 217 cm³/mol. The van der Waals surface area contributed by atoms with Crippen LogP contribution < -0.4 is 16.4 Å². The van der Waals surface area contributed by atoms with E-state index in [1.165, 1.54) is 127 Å². The Labute approximate surface area is 321 Å². The first kappa shape index (κ1) is 46.2. The van der Waals surface area contributed by atoms with E-state index in [0.717, 1.165) is 38.8 Å². The lowest BCUT2D eigenvalue weighted by molar-refractivity contribution is -0.392. The van der Waals surface area contributed by atoms with E-state index in [4.69, 9.17) is 11.5 Å². The Hall–Kier alpha value is -3.83. The zero-order chi connectivity index (χ0) is 38.9. The molecule has 0 fully saturated rings. The first-order valence-corrected chi connectivity index (χ1v) is 19.8. The van der Waals surface area contributed by atoms with Gasteiger partial charge >= 0.3 is 11.4 Å². The number of rotatable bonds is 27. The van der Waals surface area contributed by atoms with E-state index in [2.05, 4.69) is 18.7 Å². The average molecular weight is 844 g/mol. The van der Waals surface area contributed by atoms with E-state index in [-0.39, 0.29) is 17.1 Å². The molecule has 2 rings (SSSR count). The Morgan fingerprint density at radius 3 is 1.00 bits per heavy atom. The van der Waals surface area contributed by atoms with Crippen molar-refractivity contribution in [3.8, 4) is 0 Å². The molecule has 16 heteroatoms. The predicted octanol–water partition coefficient (Wildman–Crippen LogP) is 11.4. The van der Waals surface area contributed by atoms with Crippen LogP contribution in [-0.4, -0.2) is 32.8 Å². The molecular formula is C36H58IN7O8. The summed E-state index contributed by atoms with van der Waals surface area (Å²) >= 11 is 1.75. The standard InChI is InChI=1S/C30H54N4O4.C6H4IN3O4/c1-3-5-7-9-11-13-15-17-19-21-23-32(24-22-20-18-16-14-12-10-8-6-4-2)27-25-28(33(35)36)30(31)29(26-27)34(37)38;7-3-1-4(9(11)12)6(8)5(2-3)10(13)14/h25-26H,3-24,31H2,1-2H3;1-2H,8H2. The molecule has 4 N–H and O–H groups in total. The molecule has 2 aromatic carbocycles. The maximum Gasteiger partial charge on any atom is 0.301 e. The second-order valence-electron chi connectivity index (χ2n) is 13.1. The summed E-state index contributed by atoms with van der Waals surface area (Å²) in [5.41, 5.74) is 9.12. The van der Waals surface area contributed by atoms with Gasteiger partial charge in [0.2, 0.25) is 0 Å². The van der Waals surface area contributed by atoms with Gasteiger partial charge in [-0.05, 0) is 35.4 Å². The summed E-state index contributed by atoms with van der Waals surface area (Å²) in [6, 6.07) is 5.19. The molecule has 0 aliphatic heterocycles. The number of nitrogens with zero attached hydrogens (tertiary/aromatic N) is 5. The van der Waals surface area contributed by atoms with Crippen LogP contribution in [0.3, 0.4) is 0 Å². The van der Waals surface area contributed by atoms with Gasteiger partial charge < -0.3 is 16.4 Å². The molecule has 0 aliphatic carbocycles. The van der Waals surface area contributed by atoms with Crippen LogP contribution >= 0.6 is 22.6 Å². The third-order valence-corrected chi connectivity index (χ3v) is 9.56. The number of nitrogens with two attached hydrogens (primary N) is 2.